The molecule has 0 saturated heterocycles. The number of aromatic hydroxyl groups is 1. The van der Waals surface area contributed by atoms with Crippen molar-refractivity contribution in [1.29, 1.82) is 0 Å². The molecular weight excluding hydrogens is 264 g/mol. The topological polar surface area (TPSA) is 66.8 Å². The van der Waals surface area contributed by atoms with E-state index in [1.165, 1.54) is 7.11 Å². The second kappa shape index (κ2) is 5.02. The van der Waals surface area contributed by atoms with Gasteiger partial charge in [0.15, 0.2) is 11.5 Å². The summed E-state index contributed by atoms with van der Waals surface area (Å²) < 4.78 is 5.45. The summed E-state index contributed by atoms with van der Waals surface area (Å²) in [7, 11) is 1.45. The van der Waals surface area contributed by atoms with Crippen LogP contribution < -0.4 is 4.74 Å². The van der Waals surface area contributed by atoms with Crippen molar-refractivity contribution in [2.75, 3.05) is 7.11 Å². The number of carbonyl (C=O) groups is 1. The van der Waals surface area contributed by atoms with Gasteiger partial charge >= 0.3 is 5.97 Å². The van der Waals surface area contributed by atoms with Crippen LogP contribution in [0, 0.1) is 0 Å². The molecule has 0 aliphatic heterocycles. The summed E-state index contributed by atoms with van der Waals surface area (Å²) in [5.41, 5.74) is 0.805. The summed E-state index contributed by atoms with van der Waals surface area (Å²) in [5, 5.41) is 18.0. The number of rotatable bonds is 4. The third-order valence-electron chi connectivity index (χ3n) is 1.94. The van der Waals surface area contributed by atoms with Crippen LogP contribution in [0.2, 0.25) is 0 Å². The molecule has 1 aromatic rings. The van der Waals surface area contributed by atoms with Crippen LogP contribution in [-0.2, 0) is 11.2 Å². The number of carboxylic acids is 1. The van der Waals surface area contributed by atoms with Gasteiger partial charge in [-0.05, 0) is 40.0 Å². The lowest BCUT2D eigenvalue weighted by atomic mass is 10.1. The van der Waals surface area contributed by atoms with Gasteiger partial charge in [-0.1, -0.05) is 0 Å². The molecule has 82 valence electrons. The van der Waals surface area contributed by atoms with Crippen molar-refractivity contribution >= 4 is 21.9 Å². The third-order valence-corrected chi connectivity index (χ3v) is 2.54. The van der Waals surface area contributed by atoms with E-state index in [-0.39, 0.29) is 12.2 Å². The molecule has 0 aliphatic carbocycles. The van der Waals surface area contributed by atoms with E-state index in [1.54, 1.807) is 12.1 Å². The minimum atomic E-state index is -0.849. The van der Waals surface area contributed by atoms with Gasteiger partial charge in [0.1, 0.15) is 0 Å². The van der Waals surface area contributed by atoms with Crippen molar-refractivity contribution in [2.45, 2.75) is 12.8 Å². The van der Waals surface area contributed by atoms with Crippen LogP contribution in [0.3, 0.4) is 0 Å². The standard InChI is InChI=1S/C10H11BrO4/c1-15-8-5-6(2-3-9(12)13)4-7(11)10(8)14/h4-5,14H,2-3H2,1H3,(H,12,13). The highest BCUT2D eigenvalue weighted by molar-refractivity contribution is 9.10. The van der Waals surface area contributed by atoms with Gasteiger partial charge < -0.3 is 14.9 Å². The zero-order valence-corrected chi connectivity index (χ0v) is 9.74. The number of phenolic OH excluding ortho intramolecular Hbond substituents is 1. The normalized spacial score (nSPS) is 10.0. The second-order valence-electron chi connectivity index (χ2n) is 3.02. The average molecular weight is 275 g/mol. The molecule has 4 nitrogen and oxygen atoms in total. The monoisotopic (exact) mass is 274 g/mol. The fourth-order valence-corrected chi connectivity index (χ4v) is 1.67. The van der Waals surface area contributed by atoms with Crippen LogP contribution in [0.25, 0.3) is 0 Å². The molecule has 1 aromatic carbocycles. The van der Waals surface area contributed by atoms with Gasteiger partial charge in [-0.3, -0.25) is 4.79 Å². The van der Waals surface area contributed by atoms with Crippen LogP contribution in [0.15, 0.2) is 16.6 Å². The SMILES string of the molecule is COc1cc(CCC(=O)O)cc(Br)c1O. The number of phenols is 1. The molecule has 0 aliphatic rings. The Morgan fingerprint density at radius 3 is 2.73 bits per heavy atom. The number of benzene rings is 1. The maximum Gasteiger partial charge on any atom is 0.303 e. The van der Waals surface area contributed by atoms with E-state index in [0.717, 1.165) is 5.56 Å². The molecule has 0 atom stereocenters. The van der Waals surface area contributed by atoms with Crippen molar-refractivity contribution in [3.05, 3.63) is 22.2 Å². The lowest BCUT2D eigenvalue weighted by Crippen LogP contribution is -1.98. The number of ether oxygens (including phenoxy) is 1. The van der Waals surface area contributed by atoms with Crippen molar-refractivity contribution in [1.82, 2.24) is 0 Å². The zero-order chi connectivity index (χ0) is 11.4. The fraction of sp³-hybridized carbons (Fsp3) is 0.300. The summed E-state index contributed by atoms with van der Waals surface area (Å²) in [4.78, 5) is 10.4. The number of hydrogen-bond donors (Lipinski definition) is 2. The third kappa shape index (κ3) is 3.13. The van der Waals surface area contributed by atoms with E-state index in [2.05, 4.69) is 15.9 Å². The Morgan fingerprint density at radius 1 is 1.53 bits per heavy atom. The summed E-state index contributed by atoms with van der Waals surface area (Å²) in [5.74, 6) is -0.487. The molecule has 0 unspecified atom stereocenters. The molecule has 0 radical (unpaired) electrons. The van der Waals surface area contributed by atoms with Crippen LogP contribution in [0.4, 0.5) is 0 Å². The first-order chi connectivity index (χ1) is 7.04. The lowest BCUT2D eigenvalue weighted by molar-refractivity contribution is -0.136. The maximum absolute atomic E-state index is 10.4. The van der Waals surface area contributed by atoms with Crippen molar-refractivity contribution in [3.63, 3.8) is 0 Å². The molecule has 5 heteroatoms. The number of aliphatic carboxylic acids is 1. The molecule has 0 heterocycles. The smallest absolute Gasteiger partial charge is 0.303 e. The Kier molecular flexibility index (Phi) is 3.96. The number of halogens is 1. The highest BCUT2D eigenvalue weighted by Crippen LogP contribution is 2.35. The summed E-state index contributed by atoms with van der Waals surface area (Å²) in [6, 6.07) is 3.31. The van der Waals surface area contributed by atoms with Gasteiger partial charge in [0, 0.05) is 6.42 Å². The Labute approximate surface area is 95.6 Å². The van der Waals surface area contributed by atoms with Gasteiger partial charge in [0.25, 0.3) is 0 Å². The summed E-state index contributed by atoms with van der Waals surface area (Å²) >= 11 is 3.17. The first-order valence-electron chi connectivity index (χ1n) is 4.31. The number of hydrogen-bond acceptors (Lipinski definition) is 3. The molecule has 1 rings (SSSR count). The first kappa shape index (κ1) is 11.8. The molecule has 0 aromatic heterocycles. The van der Waals surface area contributed by atoms with Crippen LogP contribution in [-0.4, -0.2) is 23.3 Å². The zero-order valence-electron chi connectivity index (χ0n) is 8.16. The van der Waals surface area contributed by atoms with E-state index in [1.807, 2.05) is 0 Å². The van der Waals surface area contributed by atoms with Crippen molar-refractivity contribution in [3.8, 4) is 11.5 Å². The minimum Gasteiger partial charge on any atom is -0.503 e. The Balaban J connectivity index is 2.90. The van der Waals surface area contributed by atoms with Crippen molar-refractivity contribution < 1.29 is 19.7 Å². The highest BCUT2D eigenvalue weighted by Gasteiger charge is 2.09. The molecular formula is C10H11BrO4. The second-order valence-corrected chi connectivity index (χ2v) is 3.88. The van der Waals surface area contributed by atoms with Crippen LogP contribution in [0.1, 0.15) is 12.0 Å². The van der Waals surface area contributed by atoms with E-state index in [0.29, 0.717) is 16.6 Å². The molecule has 0 amide bonds. The average Bonchev–Trinajstić information content (AvgIpc) is 2.19. The summed E-state index contributed by atoms with van der Waals surface area (Å²) in [6.07, 6.45) is 0.463. The molecule has 0 saturated carbocycles. The molecule has 2 N–H and O–H groups in total. The molecule has 15 heavy (non-hydrogen) atoms. The Bertz CT molecular complexity index is 376. The number of carboxylic acid groups (broad SMARTS) is 1. The van der Waals surface area contributed by atoms with Crippen LogP contribution in [0.5, 0.6) is 11.5 Å². The van der Waals surface area contributed by atoms with Gasteiger partial charge in [-0.25, -0.2) is 0 Å². The highest BCUT2D eigenvalue weighted by atomic mass is 79.9. The van der Waals surface area contributed by atoms with E-state index < -0.39 is 5.97 Å². The fourth-order valence-electron chi connectivity index (χ4n) is 1.18. The number of aryl methyl sites for hydroxylation is 1. The summed E-state index contributed by atoms with van der Waals surface area (Å²) in [6.45, 7) is 0. The van der Waals surface area contributed by atoms with Gasteiger partial charge in [-0.15, -0.1) is 0 Å². The maximum atomic E-state index is 10.4. The van der Waals surface area contributed by atoms with E-state index >= 15 is 0 Å². The van der Waals surface area contributed by atoms with Gasteiger partial charge in [0.05, 0.1) is 11.6 Å². The predicted molar refractivity (Wildman–Crippen MR) is 58.3 cm³/mol. The molecule has 0 fully saturated rings. The van der Waals surface area contributed by atoms with Crippen LogP contribution >= 0.6 is 15.9 Å². The first-order valence-corrected chi connectivity index (χ1v) is 5.11. The Hall–Kier alpha value is -1.23. The minimum absolute atomic E-state index is 0.0246. The predicted octanol–water partition coefficient (Wildman–Crippen LogP) is 2.18. The van der Waals surface area contributed by atoms with Gasteiger partial charge in [0.2, 0.25) is 0 Å². The van der Waals surface area contributed by atoms with E-state index in [9.17, 15) is 9.90 Å². The van der Waals surface area contributed by atoms with E-state index in [4.69, 9.17) is 9.84 Å². The molecule has 0 bridgehead atoms. The quantitative estimate of drug-likeness (QED) is 0.883. The number of methoxy groups -OCH3 is 1. The lowest BCUT2D eigenvalue weighted by Gasteiger charge is -2.07. The van der Waals surface area contributed by atoms with Gasteiger partial charge in [-0.2, -0.15) is 0 Å². The largest absolute Gasteiger partial charge is 0.503 e. The Morgan fingerprint density at radius 2 is 2.20 bits per heavy atom. The van der Waals surface area contributed by atoms with Crippen molar-refractivity contribution in [2.24, 2.45) is 0 Å². The molecule has 0 spiro atoms.